The molecule has 0 spiro atoms. The van der Waals surface area contributed by atoms with Crippen molar-refractivity contribution in [3.05, 3.63) is 55.0 Å². The van der Waals surface area contributed by atoms with Crippen LogP contribution in [-0.4, -0.2) is 31.3 Å². The summed E-state index contributed by atoms with van der Waals surface area (Å²) in [5, 5.41) is 0. The van der Waals surface area contributed by atoms with Crippen molar-refractivity contribution in [1.29, 1.82) is 0 Å². The number of ether oxygens (including phenoxy) is 1. The predicted octanol–water partition coefficient (Wildman–Crippen LogP) is 2.00. The molecule has 0 amide bonds. The van der Waals surface area contributed by atoms with E-state index in [1.807, 2.05) is 60.4 Å². The largest absolute Gasteiger partial charge is 0.748 e. The van der Waals surface area contributed by atoms with Gasteiger partial charge in [0, 0.05) is 29.5 Å². The summed E-state index contributed by atoms with van der Waals surface area (Å²) in [6, 6.07) is 11.7. The molecule has 0 saturated heterocycles. The van der Waals surface area contributed by atoms with Crippen LogP contribution >= 0.6 is 0 Å². The third-order valence-corrected chi connectivity index (χ3v) is 3.11. The summed E-state index contributed by atoms with van der Waals surface area (Å²) in [4.78, 5) is 4.33. The molecule has 7 nitrogen and oxygen atoms in total. The Bertz CT molecular complexity index is 908. The Morgan fingerprint density at radius 1 is 1.08 bits per heavy atom. The highest BCUT2D eigenvalue weighted by atomic mass is 32.2. The number of methoxy groups -OCH3 is 1. The topological polar surface area (TPSA) is 96.3 Å². The number of aryl methyl sites for hydroxylation is 1. The molecule has 132 valence electrons. The van der Waals surface area contributed by atoms with Gasteiger partial charge in [-0.1, -0.05) is 0 Å². The molecule has 8 heteroatoms. The van der Waals surface area contributed by atoms with Crippen LogP contribution in [0.15, 0.2) is 59.4 Å². The Hall–Kier alpha value is -2.71. The zero-order valence-electron chi connectivity index (χ0n) is 14.0. The Morgan fingerprint density at radius 3 is 2.16 bits per heavy atom. The van der Waals surface area contributed by atoms with Gasteiger partial charge >= 0.3 is 0 Å². The van der Waals surface area contributed by atoms with Gasteiger partial charge in [0.15, 0.2) is 18.2 Å². The highest BCUT2D eigenvalue weighted by Crippen LogP contribution is 2.26. The molecule has 0 N–H and O–H groups in total. The molecule has 0 aliphatic rings. The van der Waals surface area contributed by atoms with Crippen molar-refractivity contribution in [2.75, 3.05) is 13.4 Å². The van der Waals surface area contributed by atoms with E-state index in [1.165, 1.54) is 0 Å². The summed E-state index contributed by atoms with van der Waals surface area (Å²) in [6.45, 7) is 0. The summed E-state index contributed by atoms with van der Waals surface area (Å²) >= 11 is 0. The van der Waals surface area contributed by atoms with Gasteiger partial charge < -0.3 is 13.7 Å². The van der Waals surface area contributed by atoms with E-state index in [4.69, 9.17) is 22.1 Å². The van der Waals surface area contributed by atoms with E-state index in [-0.39, 0.29) is 0 Å². The lowest BCUT2D eigenvalue weighted by Crippen LogP contribution is -2.25. The van der Waals surface area contributed by atoms with Crippen LogP contribution in [0.3, 0.4) is 0 Å². The van der Waals surface area contributed by atoms with Crippen molar-refractivity contribution in [3.63, 3.8) is 0 Å². The van der Waals surface area contributed by atoms with E-state index >= 15 is 0 Å². The summed E-state index contributed by atoms with van der Waals surface area (Å²) in [6.07, 6.45) is 6.27. The third kappa shape index (κ3) is 6.02. The van der Waals surface area contributed by atoms with Crippen LogP contribution in [0.5, 0.6) is 5.75 Å². The maximum Gasteiger partial charge on any atom is 0.227 e. The van der Waals surface area contributed by atoms with Crippen molar-refractivity contribution in [2.45, 2.75) is 0 Å². The van der Waals surface area contributed by atoms with Gasteiger partial charge in [0.25, 0.3) is 0 Å². The molecule has 0 fully saturated rings. The zero-order chi connectivity index (χ0) is 18.4. The number of oxazole rings is 1. The fraction of sp³-hybridized carbons (Fsp3) is 0.176. The van der Waals surface area contributed by atoms with Crippen molar-refractivity contribution in [3.8, 4) is 28.5 Å². The molecule has 0 atom stereocenters. The molecule has 0 saturated carbocycles. The lowest BCUT2D eigenvalue weighted by Gasteiger charge is -2.00. The third-order valence-electron chi connectivity index (χ3n) is 3.11. The van der Waals surface area contributed by atoms with Gasteiger partial charge in [-0.25, -0.2) is 18.0 Å². The first kappa shape index (κ1) is 18.6. The maximum atomic E-state index is 9.08. The quantitative estimate of drug-likeness (QED) is 0.522. The van der Waals surface area contributed by atoms with E-state index in [9.17, 15) is 0 Å². The molecule has 1 aromatic carbocycles. The first-order valence-corrected chi connectivity index (χ1v) is 9.04. The number of benzene rings is 1. The fourth-order valence-corrected chi connectivity index (χ4v) is 1.94. The Morgan fingerprint density at radius 2 is 1.64 bits per heavy atom. The minimum Gasteiger partial charge on any atom is -0.748 e. The van der Waals surface area contributed by atoms with Crippen LogP contribution in [0, 0.1) is 0 Å². The van der Waals surface area contributed by atoms with Gasteiger partial charge in [-0.05, 0) is 24.3 Å². The average molecular weight is 362 g/mol. The Balaban J connectivity index is 0.000000399. The monoisotopic (exact) mass is 362 g/mol. The van der Waals surface area contributed by atoms with Crippen LogP contribution in [0.2, 0.25) is 0 Å². The summed E-state index contributed by atoms with van der Waals surface area (Å²) < 4.78 is 40.1. The lowest BCUT2D eigenvalue weighted by molar-refractivity contribution is -0.671. The van der Waals surface area contributed by atoms with Gasteiger partial charge in [-0.15, -0.1) is 0 Å². The molecule has 3 rings (SSSR count). The van der Waals surface area contributed by atoms with Crippen molar-refractivity contribution in [1.82, 2.24) is 4.98 Å². The molecule has 25 heavy (non-hydrogen) atoms. The van der Waals surface area contributed by atoms with E-state index in [0.717, 1.165) is 22.6 Å². The number of nitrogens with zero attached hydrogens (tertiary/aromatic N) is 2. The molecular formula is C17H18N2O5S. The van der Waals surface area contributed by atoms with Gasteiger partial charge in [0.1, 0.15) is 12.8 Å². The normalized spacial score (nSPS) is 10.7. The summed E-state index contributed by atoms with van der Waals surface area (Å²) in [5.74, 6) is 2.19. The molecule has 2 aromatic heterocycles. The molecule has 0 unspecified atom stereocenters. The molecule has 0 aliphatic carbocycles. The highest BCUT2D eigenvalue weighted by molar-refractivity contribution is 7.84. The number of aromatic nitrogens is 2. The number of hydrogen-bond donors (Lipinski definition) is 0. The standard InChI is InChI=1S/C16H15N2O2.CH4O3S/c1-18-9-7-13(8-10-18)16-17-11-15(20-16)12-3-5-14(19-2)6-4-12;1-5(2,3)4/h3-11H,1-2H3;1H3,(H,2,3,4)/q+1;/p-1. The average Bonchev–Trinajstić information content (AvgIpc) is 3.04. The van der Waals surface area contributed by atoms with Crippen molar-refractivity contribution in [2.24, 2.45) is 7.05 Å². The van der Waals surface area contributed by atoms with Crippen LogP contribution < -0.4 is 9.30 Å². The second-order valence-electron chi connectivity index (χ2n) is 5.21. The smallest absolute Gasteiger partial charge is 0.227 e. The molecule has 0 aliphatic heterocycles. The van der Waals surface area contributed by atoms with Gasteiger partial charge in [-0.3, -0.25) is 0 Å². The van der Waals surface area contributed by atoms with Crippen LogP contribution in [-0.2, 0) is 17.2 Å². The second-order valence-corrected chi connectivity index (χ2v) is 6.62. The predicted molar refractivity (Wildman–Crippen MR) is 90.7 cm³/mol. The van der Waals surface area contributed by atoms with E-state index in [0.29, 0.717) is 12.1 Å². The van der Waals surface area contributed by atoms with E-state index < -0.39 is 10.1 Å². The summed E-state index contributed by atoms with van der Waals surface area (Å²) in [5.41, 5.74) is 1.94. The molecule has 0 bridgehead atoms. The van der Waals surface area contributed by atoms with Gasteiger partial charge in [0.05, 0.1) is 23.4 Å². The maximum absolute atomic E-state index is 9.08. The van der Waals surface area contributed by atoms with Crippen molar-refractivity contribution >= 4 is 10.1 Å². The molecule has 3 aromatic rings. The summed E-state index contributed by atoms with van der Waals surface area (Å²) in [7, 11) is -0.293. The molecule has 2 heterocycles. The first-order valence-electron chi connectivity index (χ1n) is 7.23. The molecule has 0 radical (unpaired) electrons. The van der Waals surface area contributed by atoms with E-state index in [1.54, 1.807) is 13.3 Å². The number of rotatable bonds is 3. The van der Waals surface area contributed by atoms with Gasteiger partial charge in [0.2, 0.25) is 5.89 Å². The first-order chi connectivity index (χ1) is 11.8. The number of pyridine rings is 1. The lowest BCUT2D eigenvalue weighted by atomic mass is 10.2. The fourth-order valence-electron chi connectivity index (χ4n) is 1.94. The minimum absolute atomic E-state index is 0.604. The SMILES string of the molecule is COc1ccc(-c2cnc(-c3cc[n+](C)cc3)o2)cc1.CS(=O)(=O)[O-]. The zero-order valence-corrected chi connectivity index (χ0v) is 14.9. The highest BCUT2D eigenvalue weighted by Gasteiger charge is 2.09. The van der Waals surface area contributed by atoms with Gasteiger partial charge in [-0.2, -0.15) is 0 Å². The minimum atomic E-state index is -3.92. The van der Waals surface area contributed by atoms with Crippen LogP contribution in [0.4, 0.5) is 0 Å². The Kier molecular flexibility index (Phi) is 5.89. The van der Waals surface area contributed by atoms with Crippen LogP contribution in [0.25, 0.3) is 22.8 Å². The van der Waals surface area contributed by atoms with Crippen LogP contribution in [0.1, 0.15) is 0 Å². The number of hydrogen-bond acceptors (Lipinski definition) is 6. The second kappa shape index (κ2) is 7.91. The molecular weight excluding hydrogens is 344 g/mol. The Labute approximate surface area is 146 Å². The van der Waals surface area contributed by atoms with Crippen molar-refractivity contribution < 1.29 is 26.7 Å². The van der Waals surface area contributed by atoms with E-state index in [2.05, 4.69) is 4.98 Å².